The van der Waals surface area contributed by atoms with Crippen LogP contribution in [0.2, 0.25) is 0 Å². The molecule has 2 N–H and O–H groups in total. The summed E-state index contributed by atoms with van der Waals surface area (Å²) in [5.74, 6) is 1.78. The summed E-state index contributed by atoms with van der Waals surface area (Å²) in [6, 6.07) is 1.84. The van der Waals surface area contributed by atoms with Gasteiger partial charge in [0, 0.05) is 18.9 Å². The first-order valence-corrected chi connectivity index (χ1v) is 5.72. The van der Waals surface area contributed by atoms with Gasteiger partial charge in [0.15, 0.2) is 5.82 Å². The van der Waals surface area contributed by atoms with Crippen molar-refractivity contribution in [2.45, 2.75) is 39.7 Å². The van der Waals surface area contributed by atoms with Gasteiger partial charge < -0.3 is 10.5 Å². The van der Waals surface area contributed by atoms with Crippen LogP contribution in [0.1, 0.15) is 44.8 Å². The highest BCUT2D eigenvalue weighted by molar-refractivity contribution is 5.30. The van der Waals surface area contributed by atoms with E-state index >= 15 is 0 Å². The van der Waals surface area contributed by atoms with Crippen LogP contribution in [0.5, 0.6) is 0 Å². The van der Waals surface area contributed by atoms with Gasteiger partial charge in [-0.3, -0.25) is 0 Å². The van der Waals surface area contributed by atoms with Crippen molar-refractivity contribution >= 4 is 5.82 Å². The highest BCUT2D eigenvalue weighted by Gasteiger charge is 2.13. The lowest BCUT2D eigenvalue weighted by Crippen LogP contribution is -2.10. The normalized spacial score (nSPS) is 13.1. The molecule has 0 radical (unpaired) electrons. The zero-order chi connectivity index (χ0) is 12.1. The molecular weight excluding hydrogens is 202 g/mol. The Morgan fingerprint density at radius 1 is 1.38 bits per heavy atom. The first kappa shape index (κ1) is 12.9. The Balaban J connectivity index is 2.97. The van der Waals surface area contributed by atoms with Crippen LogP contribution >= 0.6 is 0 Å². The zero-order valence-electron chi connectivity index (χ0n) is 10.5. The van der Waals surface area contributed by atoms with E-state index in [9.17, 15) is 0 Å². The van der Waals surface area contributed by atoms with Crippen molar-refractivity contribution in [3.63, 3.8) is 0 Å². The van der Waals surface area contributed by atoms with E-state index in [0.717, 1.165) is 18.5 Å². The average molecular weight is 223 g/mol. The predicted octanol–water partition coefficient (Wildman–Crippen LogP) is 2.35. The molecule has 1 rings (SSSR count). The zero-order valence-corrected chi connectivity index (χ0v) is 10.5. The Hall–Kier alpha value is -1.16. The van der Waals surface area contributed by atoms with Gasteiger partial charge in [-0.15, -0.1) is 0 Å². The molecule has 1 heterocycles. The summed E-state index contributed by atoms with van der Waals surface area (Å²) in [5.41, 5.74) is 6.77. The maximum atomic E-state index is 5.78. The van der Waals surface area contributed by atoms with Crippen LogP contribution in [-0.4, -0.2) is 17.1 Å². The summed E-state index contributed by atoms with van der Waals surface area (Å²) >= 11 is 0. The quantitative estimate of drug-likeness (QED) is 0.832. The number of methoxy groups -OCH3 is 1. The van der Waals surface area contributed by atoms with Gasteiger partial charge in [-0.05, 0) is 18.8 Å². The number of hydrogen-bond acceptors (Lipinski definition) is 4. The molecule has 0 bridgehead atoms. The van der Waals surface area contributed by atoms with Gasteiger partial charge in [0.05, 0.1) is 0 Å². The van der Waals surface area contributed by atoms with Crippen LogP contribution in [-0.2, 0) is 11.2 Å². The number of aromatic nitrogens is 2. The number of hydrogen-bond donors (Lipinski definition) is 1. The molecule has 0 aliphatic carbocycles. The SMILES string of the molecule is CCC(OC)c1nc(N)cc(CC(C)C)n1. The number of nitrogen functional groups attached to an aromatic ring is 1. The van der Waals surface area contributed by atoms with Crippen molar-refractivity contribution < 1.29 is 4.74 Å². The lowest BCUT2D eigenvalue weighted by atomic mass is 10.1. The second kappa shape index (κ2) is 5.80. The average Bonchev–Trinajstić information content (AvgIpc) is 2.17. The van der Waals surface area contributed by atoms with Crippen molar-refractivity contribution in [2.24, 2.45) is 5.92 Å². The van der Waals surface area contributed by atoms with E-state index in [1.54, 1.807) is 7.11 Å². The Morgan fingerprint density at radius 3 is 2.56 bits per heavy atom. The predicted molar refractivity (Wildman–Crippen MR) is 65.0 cm³/mol. The van der Waals surface area contributed by atoms with E-state index in [1.165, 1.54) is 0 Å². The molecule has 0 saturated heterocycles. The first-order chi connectivity index (χ1) is 7.56. The van der Waals surface area contributed by atoms with Gasteiger partial charge in [0.2, 0.25) is 0 Å². The summed E-state index contributed by atoms with van der Waals surface area (Å²) in [7, 11) is 1.67. The smallest absolute Gasteiger partial charge is 0.159 e. The molecule has 0 spiro atoms. The lowest BCUT2D eigenvalue weighted by molar-refractivity contribution is 0.0925. The van der Waals surface area contributed by atoms with Gasteiger partial charge >= 0.3 is 0 Å². The highest BCUT2D eigenvalue weighted by atomic mass is 16.5. The second-order valence-corrected chi connectivity index (χ2v) is 4.37. The highest BCUT2D eigenvalue weighted by Crippen LogP contribution is 2.18. The van der Waals surface area contributed by atoms with Crippen molar-refractivity contribution in [3.05, 3.63) is 17.6 Å². The minimum absolute atomic E-state index is 0.0607. The number of anilines is 1. The van der Waals surface area contributed by atoms with E-state index in [0.29, 0.717) is 17.6 Å². The third-order valence-corrected chi connectivity index (χ3v) is 2.38. The van der Waals surface area contributed by atoms with E-state index in [1.807, 2.05) is 13.0 Å². The molecule has 16 heavy (non-hydrogen) atoms. The maximum absolute atomic E-state index is 5.78. The largest absolute Gasteiger partial charge is 0.384 e. The van der Waals surface area contributed by atoms with Crippen molar-refractivity contribution in [1.29, 1.82) is 0 Å². The minimum atomic E-state index is -0.0607. The monoisotopic (exact) mass is 223 g/mol. The third kappa shape index (κ3) is 3.45. The Labute approximate surface area is 97.2 Å². The fourth-order valence-electron chi connectivity index (χ4n) is 1.66. The lowest BCUT2D eigenvalue weighted by Gasteiger charge is -2.13. The van der Waals surface area contributed by atoms with E-state index in [4.69, 9.17) is 10.5 Å². The van der Waals surface area contributed by atoms with Crippen LogP contribution in [0.4, 0.5) is 5.82 Å². The van der Waals surface area contributed by atoms with Crippen molar-refractivity contribution in [1.82, 2.24) is 9.97 Å². The van der Waals surface area contributed by atoms with Crippen LogP contribution in [0.15, 0.2) is 6.07 Å². The summed E-state index contributed by atoms with van der Waals surface area (Å²) < 4.78 is 5.32. The van der Waals surface area contributed by atoms with Crippen LogP contribution in [0.3, 0.4) is 0 Å². The maximum Gasteiger partial charge on any atom is 0.159 e. The molecule has 1 aromatic rings. The summed E-state index contributed by atoms with van der Waals surface area (Å²) in [5, 5.41) is 0. The van der Waals surface area contributed by atoms with Crippen LogP contribution in [0.25, 0.3) is 0 Å². The van der Waals surface area contributed by atoms with Gasteiger partial charge in [0.1, 0.15) is 11.9 Å². The molecule has 0 amide bonds. The summed E-state index contributed by atoms with van der Waals surface area (Å²) in [6.45, 7) is 6.36. The van der Waals surface area contributed by atoms with Crippen molar-refractivity contribution in [3.8, 4) is 0 Å². The van der Waals surface area contributed by atoms with E-state index in [2.05, 4.69) is 23.8 Å². The minimum Gasteiger partial charge on any atom is -0.384 e. The Bertz CT molecular complexity index is 335. The van der Waals surface area contributed by atoms with E-state index in [-0.39, 0.29) is 6.10 Å². The second-order valence-electron chi connectivity index (χ2n) is 4.37. The van der Waals surface area contributed by atoms with Gasteiger partial charge in [-0.25, -0.2) is 9.97 Å². The molecule has 1 atom stereocenters. The summed E-state index contributed by atoms with van der Waals surface area (Å²) in [4.78, 5) is 8.72. The molecular formula is C12H21N3O. The fraction of sp³-hybridized carbons (Fsp3) is 0.667. The topological polar surface area (TPSA) is 61.0 Å². The molecule has 4 nitrogen and oxygen atoms in total. The molecule has 4 heteroatoms. The number of ether oxygens (including phenoxy) is 1. The van der Waals surface area contributed by atoms with Crippen LogP contribution in [0, 0.1) is 5.92 Å². The van der Waals surface area contributed by atoms with Gasteiger partial charge in [0.25, 0.3) is 0 Å². The molecule has 1 unspecified atom stereocenters. The molecule has 0 fully saturated rings. The van der Waals surface area contributed by atoms with Crippen LogP contribution < -0.4 is 5.73 Å². The van der Waals surface area contributed by atoms with Gasteiger partial charge in [-0.1, -0.05) is 20.8 Å². The third-order valence-electron chi connectivity index (χ3n) is 2.38. The Kier molecular flexibility index (Phi) is 4.68. The fourth-order valence-corrected chi connectivity index (χ4v) is 1.66. The van der Waals surface area contributed by atoms with Crippen molar-refractivity contribution in [2.75, 3.05) is 12.8 Å². The Morgan fingerprint density at radius 2 is 2.06 bits per heavy atom. The first-order valence-electron chi connectivity index (χ1n) is 5.72. The number of rotatable bonds is 5. The molecule has 0 saturated carbocycles. The number of nitrogens with zero attached hydrogens (tertiary/aromatic N) is 2. The van der Waals surface area contributed by atoms with Gasteiger partial charge in [-0.2, -0.15) is 0 Å². The molecule has 1 aromatic heterocycles. The standard InChI is InChI=1S/C12H21N3O/c1-5-10(16-4)12-14-9(6-8(2)3)7-11(13)15-12/h7-8,10H,5-6H2,1-4H3,(H2,13,14,15). The van der Waals surface area contributed by atoms with E-state index < -0.39 is 0 Å². The molecule has 90 valence electrons. The summed E-state index contributed by atoms with van der Waals surface area (Å²) in [6.07, 6.45) is 1.70. The molecule has 0 aliphatic rings. The molecule has 0 aromatic carbocycles. The number of nitrogens with two attached hydrogens (primary N) is 1. The molecule has 0 aliphatic heterocycles.